The second-order valence-electron chi connectivity index (χ2n) is 5.93. The molecule has 0 aliphatic carbocycles. The van der Waals surface area contributed by atoms with E-state index in [9.17, 15) is 4.79 Å². The molecule has 0 unspecified atom stereocenters. The average molecular weight is 272 g/mol. The van der Waals surface area contributed by atoms with Gasteiger partial charge in [-0.3, -0.25) is 4.79 Å². The van der Waals surface area contributed by atoms with Gasteiger partial charge in [0.25, 0.3) is 0 Å². The van der Waals surface area contributed by atoms with Gasteiger partial charge in [0.05, 0.1) is 5.41 Å². The Kier molecular flexibility index (Phi) is 4.24. The van der Waals surface area contributed by atoms with E-state index >= 15 is 0 Å². The highest BCUT2D eigenvalue weighted by atomic mass is 32.2. The molecule has 0 aromatic rings. The summed E-state index contributed by atoms with van der Waals surface area (Å²) < 4.78 is 5.54. The maximum Gasteiger partial charge on any atom is 0.230 e. The Morgan fingerprint density at radius 1 is 1.39 bits per heavy atom. The van der Waals surface area contributed by atoms with Crippen molar-refractivity contribution in [2.75, 3.05) is 38.6 Å². The number of ether oxygens (including phenoxy) is 1. The minimum absolute atomic E-state index is 0.162. The van der Waals surface area contributed by atoms with E-state index in [4.69, 9.17) is 10.5 Å². The lowest BCUT2D eigenvalue weighted by Gasteiger charge is -2.44. The highest BCUT2D eigenvalue weighted by Crippen LogP contribution is 2.35. The number of hydrogen-bond donors (Lipinski definition) is 1. The summed E-state index contributed by atoms with van der Waals surface area (Å²) in [5.74, 6) is 1.28. The van der Waals surface area contributed by atoms with Crippen molar-refractivity contribution in [2.24, 2.45) is 11.1 Å². The van der Waals surface area contributed by atoms with Gasteiger partial charge in [-0.15, -0.1) is 0 Å². The van der Waals surface area contributed by atoms with Crippen molar-refractivity contribution in [1.82, 2.24) is 4.90 Å². The molecular weight excluding hydrogens is 248 g/mol. The Bertz CT molecular complexity index is 314. The van der Waals surface area contributed by atoms with Crippen LogP contribution in [0.25, 0.3) is 0 Å². The van der Waals surface area contributed by atoms with Crippen molar-refractivity contribution < 1.29 is 9.53 Å². The number of amides is 1. The molecular formula is C13H24N2O2S. The summed E-state index contributed by atoms with van der Waals surface area (Å²) in [7, 11) is 0. The molecule has 104 valence electrons. The predicted octanol–water partition coefficient (Wildman–Crippen LogP) is 1.10. The molecule has 2 heterocycles. The summed E-state index contributed by atoms with van der Waals surface area (Å²) in [6.07, 6.45) is 1.54. The number of nitrogens with zero attached hydrogens (tertiary/aromatic N) is 1. The molecule has 2 rings (SSSR count). The molecule has 4 nitrogen and oxygen atoms in total. The lowest BCUT2D eigenvalue weighted by Crippen LogP contribution is -2.55. The lowest BCUT2D eigenvalue weighted by atomic mass is 9.78. The fraction of sp³-hybridized carbons (Fsp3) is 0.923. The van der Waals surface area contributed by atoms with E-state index in [1.165, 1.54) is 0 Å². The zero-order valence-electron chi connectivity index (χ0n) is 11.4. The molecule has 0 radical (unpaired) electrons. The van der Waals surface area contributed by atoms with E-state index < -0.39 is 0 Å². The molecule has 2 fully saturated rings. The molecule has 2 N–H and O–H groups in total. The van der Waals surface area contributed by atoms with Crippen molar-refractivity contribution in [1.29, 1.82) is 0 Å². The zero-order chi connectivity index (χ0) is 13.2. The number of hydrogen-bond acceptors (Lipinski definition) is 4. The average Bonchev–Trinajstić information content (AvgIpc) is 2.37. The highest BCUT2D eigenvalue weighted by Gasteiger charge is 2.43. The molecule has 1 amide bonds. The molecule has 0 bridgehead atoms. The van der Waals surface area contributed by atoms with Gasteiger partial charge in [-0.05, 0) is 26.7 Å². The van der Waals surface area contributed by atoms with Gasteiger partial charge in [0.15, 0.2) is 0 Å². The van der Waals surface area contributed by atoms with Crippen molar-refractivity contribution >= 4 is 17.7 Å². The summed E-state index contributed by atoms with van der Waals surface area (Å²) in [5, 5.41) is 0. The van der Waals surface area contributed by atoms with Gasteiger partial charge in [-0.1, -0.05) is 0 Å². The van der Waals surface area contributed by atoms with Gasteiger partial charge in [0, 0.05) is 43.3 Å². The largest absolute Gasteiger partial charge is 0.381 e. The third kappa shape index (κ3) is 2.83. The standard InChI is InChI=1S/C13H24N2O2S/c1-12(2)10-15(5-8-18-12)11(16)13(9-14)3-6-17-7-4-13/h3-10,14H2,1-2H3. The number of carbonyl (C=O) groups excluding carboxylic acids is 1. The Morgan fingerprint density at radius 2 is 2.06 bits per heavy atom. The van der Waals surface area contributed by atoms with E-state index in [1.54, 1.807) is 0 Å². The van der Waals surface area contributed by atoms with Gasteiger partial charge in [0.2, 0.25) is 5.91 Å². The first-order valence-corrected chi connectivity index (χ1v) is 7.69. The van der Waals surface area contributed by atoms with Gasteiger partial charge in [0.1, 0.15) is 0 Å². The van der Waals surface area contributed by atoms with Crippen LogP contribution in [0.5, 0.6) is 0 Å². The molecule has 0 saturated carbocycles. The van der Waals surface area contributed by atoms with Crippen LogP contribution in [0, 0.1) is 5.41 Å². The van der Waals surface area contributed by atoms with E-state index in [0.29, 0.717) is 19.8 Å². The summed E-state index contributed by atoms with van der Waals surface area (Å²) in [4.78, 5) is 14.8. The fourth-order valence-electron chi connectivity index (χ4n) is 2.79. The van der Waals surface area contributed by atoms with Gasteiger partial charge in [-0.25, -0.2) is 0 Å². The first kappa shape index (κ1) is 14.2. The summed E-state index contributed by atoms with van der Waals surface area (Å²) in [6.45, 7) is 7.87. The SMILES string of the molecule is CC1(C)CN(C(=O)C2(CN)CCOCC2)CCS1. The third-order valence-corrected chi connectivity index (χ3v) is 5.30. The van der Waals surface area contributed by atoms with Crippen LogP contribution in [0.1, 0.15) is 26.7 Å². The zero-order valence-corrected chi connectivity index (χ0v) is 12.2. The van der Waals surface area contributed by atoms with Crippen molar-refractivity contribution in [3.8, 4) is 0 Å². The van der Waals surface area contributed by atoms with E-state index in [0.717, 1.165) is 31.7 Å². The number of nitrogens with two attached hydrogens (primary N) is 1. The Hall–Kier alpha value is -0.260. The smallest absolute Gasteiger partial charge is 0.230 e. The Balaban J connectivity index is 2.09. The van der Waals surface area contributed by atoms with Crippen LogP contribution in [-0.2, 0) is 9.53 Å². The quantitative estimate of drug-likeness (QED) is 0.818. The Labute approximate surface area is 114 Å². The molecule has 2 saturated heterocycles. The highest BCUT2D eigenvalue weighted by molar-refractivity contribution is 8.00. The van der Waals surface area contributed by atoms with Crippen LogP contribution in [-0.4, -0.2) is 54.2 Å². The van der Waals surface area contributed by atoms with Gasteiger partial charge < -0.3 is 15.4 Å². The van der Waals surface area contributed by atoms with Crippen LogP contribution in [0.3, 0.4) is 0 Å². The predicted molar refractivity (Wildman–Crippen MR) is 74.7 cm³/mol. The van der Waals surface area contributed by atoms with Crippen LogP contribution in [0.4, 0.5) is 0 Å². The summed E-state index contributed by atoms with van der Waals surface area (Å²) in [6, 6.07) is 0. The minimum Gasteiger partial charge on any atom is -0.381 e. The molecule has 0 aromatic heterocycles. The maximum absolute atomic E-state index is 12.8. The van der Waals surface area contributed by atoms with Gasteiger partial charge >= 0.3 is 0 Å². The van der Waals surface area contributed by atoms with Crippen LogP contribution in [0.2, 0.25) is 0 Å². The Morgan fingerprint density at radius 3 is 2.61 bits per heavy atom. The monoisotopic (exact) mass is 272 g/mol. The maximum atomic E-state index is 12.8. The number of carbonyl (C=O) groups is 1. The van der Waals surface area contributed by atoms with Crippen molar-refractivity contribution in [3.63, 3.8) is 0 Å². The minimum atomic E-state index is -0.365. The molecule has 0 aromatic carbocycles. The topological polar surface area (TPSA) is 55.6 Å². The normalized spacial score (nSPS) is 26.9. The third-order valence-electron chi connectivity index (χ3n) is 4.01. The molecule has 5 heteroatoms. The second-order valence-corrected chi connectivity index (χ2v) is 7.73. The molecule has 18 heavy (non-hydrogen) atoms. The molecule has 2 aliphatic rings. The molecule has 0 atom stereocenters. The van der Waals surface area contributed by atoms with E-state index in [-0.39, 0.29) is 16.1 Å². The second kappa shape index (κ2) is 5.39. The van der Waals surface area contributed by atoms with Crippen LogP contribution < -0.4 is 5.73 Å². The summed E-state index contributed by atoms with van der Waals surface area (Å²) in [5.41, 5.74) is 5.54. The fourth-order valence-corrected chi connectivity index (χ4v) is 3.90. The lowest BCUT2D eigenvalue weighted by molar-refractivity contribution is -0.147. The molecule has 2 aliphatic heterocycles. The van der Waals surface area contributed by atoms with Gasteiger partial charge in [-0.2, -0.15) is 11.8 Å². The number of thioether (sulfide) groups is 1. The summed E-state index contributed by atoms with van der Waals surface area (Å²) >= 11 is 1.94. The van der Waals surface area contributed by atoms with Crippen LogP contribution >= 0.6 is 11.8 Å². The first-order valence-electron chi connectivity index (χ1n) is 6.70. The van der Waals surface area contributed by atoms with Crippen molar-refractivity contribution in [3.05, 3.63) is 0 Å². The van der Waals surface area contributed by atoms with Crippen LogP contribution in [0.15, 0.2) is 0 Å². The first-order chi connectivity index (χ1) is 8.49. The van der Waals surface area contributed by atoms with Crippen molar-refractivity contribution in [2.45, 2.75) is 31.4 Å². The van der Waals surface area contributed by atoms with E-state index in [2.05, 4.69) is 13.8 Å². The molecule has 0 spiro atoms. The van der Waals surface area contributed by atoms with E-state index in [1.807, 2.05) is 16.7 Å². The number of rotatable bonds is 2.